The second-order valence-corrected chi connectivity index (χ2v) is 8.45. The summed E-state index contributed by atoms with van der Waals surface area (Å²) in [6, 6.07) is 15.6. The monoisotopic (exact) mass is 477 g/mol. The summed E-state index contributed by atoms with van der Waals surface area (Å²) >= 11 is 0. The van der Waals surface area contributed by atoms with Crippen molar-refractivity contribution in [3.8, 4) is 23.1 Å². The number of nitrogens with zero attached hydrogens (tertiary/aromatic N) is 3. The molecule has 0 unspecified atom stereocenters. The van der Waals surface area contributed by atoms with Gasteiger partial charge in [0.15, 0.2) is 6.61 Å². The van der Waals surface area contributed by atoms with Gasteiger partial charge in [0.05, 0.1) is 9.79 Å². The van der Waals surface area contributed by atoms with Crippen molar-refractivity contribution in [1.82, 2.24) is 15.2 Å². The summed E-state index contributed by atoms with van der Waals surface area (Å²) < 4.78 is 77.0. The van der Waals surface area contributed by atoms with E-state index in [0.29, 0.717) is 5.75 Å². The summed E-state index contributed by atoms with van der Waals surface area (Å²) in [6.07, 6.45) is -3.78. The molecule has 4 aromatic rings. The van der Waals surface area contributed by atoms with Crippen LogP contribution >= 0.6 is 0 Å². The van der Waals surface area contributed by atoms with E-state index in [2.05, 4.69) is 19.9 Å². The third-order valence-electron chi connectivity index (χ3n) is 4.21. The molecule has 0 spiro atoms. The molecule has 170 valence electrons. The van der Waals surface area contributed by atoms with E-state index in [0.717, 1.165) is 30.5 Å². The minimum atomic E-state index is -4.87. The fourth-order valence-electron chi connectivity index (χ4n) is 2.70. The number of halogens is 3. The minimum absolute atomic E-state index is 0.0392. The molecule has 8 nitrogen and oxygen atoms in total. The molecular formula is C21H14F3N3O5S. The molecule has 2 heterocycles. The zero-order valence-electron chi connectivity index (χ0n) is 16.6. The molecule has 33 heavy (non-hydrogen) atoms. The van der Waals surface area contributed by atoms with Crippen molar-refractivity contribution in [2.75, 3.05) is 0 Å². The van der Waals surface area contributed by atoms with Gasteiger partial charge in [-0.1, -0.05) is 18.2 Å². The SMILES string of the molecule is O=S(=O)(c1ccc(OC(F)(F)F)cc1)c1ccc(-c2nnc(COc3ccccc3)o2)nc1. The number of para-hydroxylation sites is 1. The van der Waals surface area contributed by atoms with E-state index in [9.17, 15) is 21.6 Å². The average molecular weight is 477 g/mol. The number of ether oxygens (including phenoxy) is 2. The standard InChI is InChI=1S/C21H14F3N3O5S/c22-21(23,24)32-15-6-8-16(9-7-15)33(28,29)17-10-11-18(25-12-17)20-27-26-19(31-20)13-30-14-4-2-1-3-5-14/h1-12H,13H2. The number of rotatable bonds is 7. The van der Waals surface area contributed by atoms with Gasteiger partial charge in [0.1, 0.15) is 17.2 Å². The molecule has 0 atom stereocenters. The van der Waals surface area contributed by atoms with Gasteiger partial charge in [0.2, 0.25) is 9.84 Å². The van der Waals surface area contributed by atoms with E-state index in [1.807, 2.05) is 18.2 Å². The second kappa shape index (κ2) is 8.90. The first-order valence-electron chi connectivity index (χ1n) is 9.28. The highest BCUT2D eigenvalue weighted by atomic mass is 32.2. The lowest BCUT2D eigenvalue weighted by molar-refractivity contribution is -0.274. The number of alkyl halides is 3. The van der Waals surface area contributed by atoms with Crippen LogP contribution in [0.4, 0.5) is 13.2 Å². The molecule has 0 aliphatic carbocycles. The third kappa shape index (κ3) is 5.47. The fraction of sp³-hybridized carbons (Fsp3) is 0.0952. The molecule has 2 aromatic heterocycles. The first-order chi connectivity index (χ1) is 15.7. The number of hydrogen-bond acceptors (Lipinski definition) is 8. The molecule has 0 aliphatic rings. The highest BCUT2D eigenvalue weighted by Crippen LogP contribution is 2.27. The maximum Gasteiger partial charge on any atom is 0.573 e. The van der Waals surface area contributed by atoms with Crippen molar-refractivity contribution in [2.45, 2.75) is 22.8 Å². The second-order valence-electron chi connectivity index (χ2n) is 6.50. The van der Waals surface area contributed by atoms with Crippen LogP contribution < -0.4 is 9.47 Å². The van der Waals surface area contributed by atoms with Gasteiger partial charge >= 0.3 is 6.36 Å². The first-order valence-corrected chi connectivity index (χ1v) is 10.8. The van der Waals surface area contributed by atoms with Crippen LogP contribution in [-0.2, 0) is 16.4 Å². The smallest absolute Gasteiger partial charge is 0.484 e. The molecule has 2 aromatic carbocycles. The van der Waals surface area contributed by atoms with Crippen molar-refractivity contribution in [3.63, 3.8) is 0 Å². The summed E-state index contributed by atoms with van der Waals surface area (Å²) in [6.45, 7) is 0.0392. The topological polar surface area (TPSA) is 104 Å². The first kappa shape index (κ1) is 22.3. The van der Waals surface area contributed by atoms with Crippen molar-refractivity contribution < 1.29 is 35.5 Å². The normalized spacial score (nSPS) is 11.8. The molecule has 0 amide bonds. The van der Waals surface area contributed by atoms with E-state index in [1.54, 1.807) is 12.1 Å². The maximum absolute atomic E-state index is 12.7. The van der Waals surface area contributed by atoms with Crippen molar-refractivity contribution in [1.29, 1.82) is 0 Å². The van der Waals surface area contributed by atoms with Crippen molar-refractivity contribution >= 4 is 9.84 Å². The zero-order valence-corrected chi connectivity index (χ0v) is 17.4. The van der Waals surface area contributed by atoms with Gasteiger partial charge in [-0.3, -0.25) is 0 Å². The van der Waals surface area contributed by atoms with Crippen LogP contribution in [-0.4, -0.2) is 30.0 Å². The Morgan fingerprint density at radius 2 is 1.55 bits per heavy atom. The molecule has 0 saturated carbocycles. The van der Waals surface area contributed by atoms with Gasteiger partial charge in [0, 0.05) is 6.20 Å². The van der Waals surface area contributed by atoms with E-state index < -0.39 is 21.9 Å². The van der Waals surface area contributed by atoms with Crippen LogP contribution in [0.25, 0.3) is 11.6 Å². The summed E-state index contributed by atoms with van der Waals surface area (Å²) in [5.41, 5.74) is 0.237. The number of hydrogen-bond donors (Lipinski definition) is 0. The van der Waals surface area contributed by atoms with Gasteiger partial charge in [-0.25, -0.2) is 13.4 Å². The van der Waals surface area contributed by atoms with Gasteiger partial charge < -0.3 is 13.9 Å². The largest absolute Gasteiger partial charge is 0.573 e. The molecule has 4 rings (SSSR count). The van der Waals surface area contributed by atoms with Crippen molar-refractivity contribution in [3.05, 3.63) is 78.8 Å². The summed E-state index contributed by atoms with van der Waals surface area (Å²) in [5, 5.41) is 7.74. The Morgan fingerprint density at radius 3 is 2.18 bits per heavy atom. The Morgan fingerprint density at radius 1 is 0.848 bits per heavy atom. The summed E-state index contributed by atoms with van der Waals surface area (Å²) in [5.74, 6) is 0.370. The highest BCUT2D eigenvalue weighted by molar-refractivity contribution is 7.91. The lowest BCUT2D eigenvalue weighted by Gasteiger charge is -2.09. The zero-order chi connectivity index (χ0) is 23.5. The molecule has 0 saturated heterocycles. The fourth-order valence-corrected chi connectivity index (χ4v) is 3.90. The average Bonchev–Trinajstić information content (AvgIpc) is 3.27. The van der Waals surface area contributed by atoms with Crippen molar-refractivity contribution in [2.24, 2.45) is 0 Å². The quantitative estimate of drug-likeness (QED) is 0.385. The molecular weight excluding hydrogens is 463 g/mol. The van der Waals surface area contributed by atoms with E-state index in [-0.39, 0.29) is 33.9 Å². The Balaban J connectivity index is 1.46. The molecule has 12 heteroatoms. The van der Waals surface area contributed by atoms with Crippen LogP contribution in [0.15, 0.2) is 87.1 Å². The molecule has 0 bridgehead atoms. The Kier molecular flexibility index (Phi) is 6.01. The predicted molar refractivity (Wildman–Crippen MR) is 107 cm³/mol. The minimum Gasteiger partial charge on any atom is -0.484 e. The number of aromatic nitrogens is 3. The van der Waals surface area contributed by atoms with Crippen LogP contribution in [0.1, 0.15) is 5.89 Å². The molecule has 0 radical (unpaired) electrons. The number of benzene rings is 2. The molecule has 0 fully saturated rings. The van der Waals surface area contributed by atoms with Crippen LogP contribution in [0.5, 0.6) is 11.5 Å². The summed E-state index contributed by atoms with van der Waals surface area (Å²) in [7, 11) is -4.02. The third-order valence-corrected chi connectivity index (χ3v) is 5.96. The Bertz CT molecular complexity index is 1320. The predicted octanol–water partition coefficient (Wildman–Crippen LogP) is 4.44. The Hall–Kier alpha value is -3.93. The van der Waals surface area contributed by atoms with Crippen LogP contribution in [0.3, 0.4) is 0 Å². The Labute approximate surface area is 185 Å². The lowest BCUT2D eigenvalue weighted by atomic mass is 10.3. The van der Waals surface area contributed by atoms with E-state index in [4.69, 9.17) is 9.15 Å². The van der Waals surface area contributed by atoms with E-state index in [1.165, 1.54) is 12.1 Å². The van der Waals surface area contributed by atoms with Gasteiger partial charge in [-0.2, -0.15) is 0 Å². The molecule has 0 N–H and O–H groups in total. The van der Waals surface area contributed by atoms with Gasteiger partial charge in [-0.15, -0.1) is 23.4 Å². The lowest BCUT2D eigenvalue weighted by Crippen LogP contribution is -2.17. The number of pyridine rings is 1. The molecule has 0 aliphatic heterocycles. The van der Waals surface area contributed by atoms with Crippen LogP contribution in [0.2, 0.25) is 0 Å². The van der Waals surface area contributed by atoms with Gasteiger partial charge in [0.25, 0.3) is 11.8 Å². The summed E-state index contributed by atoms with van der Waals surface area (Å²) in [4.78, 5) is 3.67. The number of sulfone groups is 1. The van der Waals surface area contributed by atoms with Gasteiger partial charge in [-0.05, 0) is 48.5 Å². The van der Waals surface area contributed by atoms with Crippen LogP contribution in [0, 0.1) is 0 Å². The van der Waals surface area contributed by atoms with E-state index >= 15 is 0 Å². The maximum atomic E-state index is 12.7. The highest BCUT2D eigenvalue weighted by Gasteiger charge is 2.31.